The molecule has 3 rings (SSSR count). The van der Waals surface area contributed by atoms with Crippen LogP contribution in [0.4, 0.5) is 0 Å². The van der Waals surface area contributed by atoms with Gasteiger partial charge in [-0.05, 0) is 25.8 Å². The molecule has 0 spiro atoms. The Labute approximate surface area is 149 Å². The maximum atomic E-state index is 12.3. The van der Waals surface area contributed by atoms with Gasteiger partial charge >= 0.3 is 5.97 Å². The first kappa shape index (κ1) is 17.6. The van der Waals surface area contributed by atoms with Crippen LogP contribution in [0.2, 0.25) is 0 Å². The molecule has 0 atom stereocenters. The Morgan fingerprint density at radius 1 is 1.40 bits per heavy atom. The molecule has 0 saturated carbocycles. The summed E-state index contributed by atoms with van der Waals surface area (Å²) in [5.74, 6) is -1.21. The van der Waals surface area contributed by atoms with E-state index in [9.17, 15) is 14.7 Å². The molecule has 0 amide bonds. The number of hydrogen-bond donors (Lipinski definition) is 1. The number of carbonyl (C=O) groups is 1. The van der Waals surface area contributed by atoms with Crippen LogP contribution in [0.15, 0.2) is 22.2 Å². The van der Waals surface area contributed by atoms with Gasteiger partial charge in [0.1, 0.15) is 10.4 Å². The molecule has 1 N–H and O–H groups in total. The van der Waals surface area contributed by atoms with Gasteiger partial charge in [-0.2, -0.15) is 0 Å². The third-order valence-corrected chi connectivity index (χ3v) is 5.39. The van der Waals surface area contributed by atoms with E-state index >= 15 is 0 Å². The average Bonchev–Trinajstić information content (AvgIpc) is 3.04. The quantitative estimate of drug-likeness (QED) is 0.630. The second-order valence-corrected chi connectivity index (χ2v) is 7.06. The normalized spacial score (nSPS) is 15.9. The largest absolute Gasteiger partial charge is 0.477 e. The summed E-state index contributed by atoms with van der Waals surface area (Å²) in [5, 5.41) is 13.6. The van der Waals surface area contributed by atoms with Crippen molar-refractivity contribution in [1.82, 2.24) is 9.47 Å². The molecular weight excluding hydrogens is 342 g/mol. The van der Waals surface area contributed by atoms with Gasteiger partial charge in [0.25, 0.3) is 0 Å². The number of carboxylic acids is 1. The van der Waals surface area contributed by atoms with Crippen molar-refractivity contribution in [1.29, 1.82) is 0 Å². The molecule has 134 valence electrons. The zero-order chi connectivity index (χ0) is 17.8. The van der Waals surface area contributed by atoms with Crippen LogP contribution in [-0.2, 0) is 11.4 Å². The van der Waals surface area contributed by atoms with Gasteiger partial charge in [-0.3, -0.25) is 9.69 Å². The van der Waals surface area contributed by atoms with E-state index in [1.807, 2.05) is 6.92 Å². The number of piperidine rings is 1. The van der Waals surface area contributed by atoms with Gasteiger partial charge in [-0.25, -0.2) is 4.79 Å². The maximum Gasteiger partial charge on any atom is 0.341 e. The van der Waals surface area contributed by atoms with E-state index < -0.39 is 11.4 Å². The molecule has 8 heteroatoms. The number of pyridine rings is 1. The lowest BCUT2D eigenvalue weighted by Crippen LogP contribution is -2.31. The molecule has 1 aliphatic heterocycles. The van der Waals surface area contributed by atoms with Crippen molar-refractivity contribution in [3.63, 3.8) is 0 Å². The van der Waals surface area contributed by atoms with Crippen LogP contribution in [0.5, 0.6) is 0 Å². The summed E-state index contributed by atoms with van der Waals surface area (Å²) in [5.41, 5.74) is -0.672. The fourth-order valence-electron chi connectivity index (χ4n) is 2.94. The molecule has 7 nitrogen and oxygen atoms in total. The molecule has 0 unspecified atom stereocenters. The summed E-state index contributed by atoms with van der Waals surface area (Å²) in [7, 11) is 0. The first-order valence-corrected chi connectivity index (χ1v) is 9.19. The van der Waals surface area contributed by atoms with E-state index in [0.717, 1.165) is 22.8 Å². The molecule has 2 aromatic heterocycles. The lowest BCUT2D eigenvalue weighted by molar-refractivity contribution is 0.0232. The fourth-order valence-corrected chi connectivity index (χ4v) is 3.99. The summed E-state index contributed by atoms with van der Waals surface area (Å²) >= 11 is 1.40. The Hall–Kier alpha value is -2.19. The Bertz CT molecular complexity index is 849. The highest BCUT2D eigenvalue weighted by molar-refractivity contribution is 7.20. The summed E-state index contributed by atoms with van der Waals surface area (Å²) in [6, 6.07) is 1.68. The second-order valence-electron chi connectivity index (χ2n) is 6.00. The first-order valence-electron chi connectivity index (χ1n) is 8.38. The van der Waals surface area contributed by atoms with Gasteiger partial charge in [0.15, 0.2) is 6.73 Å². The SMILES string of the molecule is CCn1cc(C(=O)O)c(=O)c2cc(C=NOCN3CCCCC3)sc21. The van der Waals surface area contributed by atoms with Crippen LogP contribution in [0.3, 0.4) is 0 Å². The highest BCUT2D eigenvalue weighted by atomic mass is 32.1. The number of fused-ring (bicyclic) bond motifs is 1. The summed E-state index contributed by atoms with van der Waals surface area (Å²) in [6.45, 7) is 5.02. The molecule has 0 aliphatic carbocycles. The fraction of sp³-hybridized carbons (Fsp3) is 0.471. The van der Waals surface area contributed by atoms with Crippen molar-refractivity contribution in [2.45, 2.75) is 32.7 Å². The molecule has 1 aliphatic rings. The molecule has 2 aromatic rings. The molecule has 0 aromatic carbocycles. The Morgan fingerprint density at radius 3 is 2.84 bits per heavy atom. The van der Waals surface area contributed by atoms with E-state index in [2.05, 4.69) is 10.1 Å². The van der Waals surface area contributed by atoms with Crippen LogP contribution in [0.25, 0.3) is 10.2 Å². The van der Waals surface area contributed by atoms with Crippen molar-refractivity contribution in [2.75, 3.05) is 19.8 Å². The number of carboxylic acid groups (broad SMARTS) is 1. The maximum absolute atomic E-state index is 12.3. The Balaban J connectivity index is 1.78. The van der Waals surface area contributed by atoms with Crippen molar-refractivity contribution in [2.24, 2.45) is 5.16 Å². The molecule has 0 bridgehead atoms. The van der Waals surface area contributed by atoms with Gasteiger partial charge in [0.05, 0.1) is 16.5 Å². The highest BCUT2D eigenvalue weighted by Crippen LogP contribution is 2.23. The lowest BCUT2D eigenvalue weighted by Gasteiger charge is -2.24. The standard InChI is InChI=1S/C17H21N3O4S/c1-2-20-10-14(17(22)23)15(21)13-8-12(25-16(13)20)9-18-24-11-19-6-4-3-5-7-19/h8-10H,2-7,11H2,1H3,(H,22,23). The Morgan fingerprint density at radius 2 is 2.16 bits per heavy atom. The third-order valence-electron chi connectivity index (χ3n) is 4.28. The summed E-state index contributed by atoms with van der Waals surface area (Å²) in [6.07, 6.45) is 6.64. The van der Waals surface area contributed by atoms with Crippen molar-refractivity contribution >= 4 is 33.7 Å². The average molecular weight is 363 g/mol. The number of aromatic carboxylic acids is 1. The molecule has 3 heterocycles. The minimum absolute atomic E-state index is 0.211. The van der Waals surface area contributed by atoms with Crippen molar-refractivity contribution in [3.8, 4) is 0 Å². The highest BCUT2D eigenvalue weighted by Gasteiger charge is 2.16. The van der Waals surface area contributed by atoms with E-state index in [-0.39, 0.29) is 5.56 Å². The predicted molar refractivity (Wildman–Crippen MR) is 97.7 cm³/mol. The molecule has 1 saturated heterocycles. The molecule has 1 fully saturated rings. The third kappa shape index (κ3) is 3.91. The van der Waals surface area contributed by atoms with Crippen molar-refractivity contribution in [3.05, 3.63) is 32.9 Å². The zero-order valence-corrected chi connectivity index (χ0v) is 14.9. The number of likely N-dealkylation sites (tertiary alicyclic amines) is 1. The Kier molecular flexibility index (Phi) is 5.50. The van der Waals surface area contributed by atoms with Gasteiger partial charge in [0, 0.05) is 25.8 Å². The van der Waals surface area contributed by atoms with Crippen LogP contribution < -0.4 is 5.43 Å². The number of aryl methyl sites for hydroxylation is 1. The number of aromatic nitrogens is 1. The van der Waals surface area contributed by atoms with E-state index in [4.69, 9.17) is 4.84 Å². The summed E-state index contributed by atoms with van der Waals surface area (Å²) in [4.78, 5) is 32.6. The van der Waals surface area contributed by atoms with Gasteiger partial charge < -0.3 is 14.5 Å². The second kappa shape index (κ2) is 7.79. The monoisotopic (exact) mass is 363 g/mol. The molecule has 0 radical (unpaired) electrons. The summed E-state index contributed by atoms with van der Waals surface area (Å²) < 4.78 is 1.77. The van der Waals surface area contributed by atoms with Crippen LogP contribution >= 0.6 is 11.3 Å². The minimum Gasteiger partial charge on any atom is -0.477 e. The molecule has 25 heavy (non-hydrogen) atoms. The number of thiophene rings is 1. The first-order chi connectivity index (χ1) is 12.1. The van der Waals surface area contributed by atoms with Crippen LogP contribution in [0, 0.1) is 0 Å². The van der Waals surface area contributed by atoms with Crippen LogP contribution in [-0.4, -0.2) is 46.6 Å². The van der Waals surface area contributed by atoms with E-state index in [0.29, 0.717) is 18.7 Å². The van der Waals surface area contributed by atoms with Crippen molar-refractivity contribution < 1.29 is 14.7 Å². The lowest BCUT2D eigenvalue weighted by atomic mass is 10.1. The van der Waals surface area contributed by atoms with Gasteiger partial charge in [-0.1, -0.05) is 11.6 Å². The zero-order valence-electron chi connectivity index (χ0n) is 14.1. The predicted octanol–water partition coefficient (Wildman–Crippen LogP) is 2.58. The number of oxime groups is 1. The topological polar surface area (TPSA) is 84.1 Å². The number of hydrogen-bond acceptors (Lipinski definition) is 6. The number of rotatable bonds is 6. The van der Waals surface area contributed by atoms with Gasteiger partial charge in [-0.15, -0.1) is 11.3 Å². The van der Waals surface area contributed by atoms with E-state index in [1.54, 1.807) is 16.8 Å². The smallest absolute Gasteiger partial charge is 0.341 e. The minimum atomic E-state index is -1.21. The van der Waals surface area contributed by atoms with Gasteiger partial charge in [0.2, 0.25) is 5.43 Å². The molecular formula is C17H21N3O4S. The van der Waals surface area contributed by atoms with E-state index in [1.165, 1.54) is 36.8 Å². The van der Waals surface area contributed by atoms with Crippen LogP contribution in [0.1, 0.15) is 41.4 Å². The number of nitrogens with zero attached hydrogens (tertiary/aromatic N) is 3.